The SMILES string of the molecule is Nc1ccc(C(COC(=O)/C=C/c2ccc(OC(F)(F)c3ccc(OCCCCF)cc3)cc2)COC(=O)/C=C/c2ccc(OC(F)(F)c3ccc(OCCCCF)cc3)cc2)c(N)c1. The van der Waals surface area contributed by atoms with Crippen LogP contribution in [0.5, 0.6) is 23.0 Å². The van der Waals surface area contributed by atoms with Crippen LogP contribution in [0.2, 0.25) is 0 Å². The first-order chi connectivity index (χ1) is 31.2. The summed E-state index contributed by atoms with van der Waals surface area (Å²) in [5.74, 6) is -1.74. The van der Waals surface area contributed by atoms with Gasteiger partial charge in [-0.1, -0.05) is 30.3 Å². The lowest BCUT2D eigenvalue weighted by Crippen LogP contribution is -2.21. The molecule has 0 saturated heterocycles. The monoisotopic (exact) mass is 906 g/mol. The van der Waals surface area contributed by atoms with Crippen LogP contribution in [0.4, 0.5) is 37.7 Å². The largest absolute Gasteiger partial charge is 0.494 e. The molecule has 5 aromatic carbocycles. The smallest absolute Gasteiger partial charge is 0.426 e. The summed E-state index contributed by atoms with van der Waals surface area (Å²) in [6, 6.07) is 26.1. The molecule has 0 spiro atoms. The van der Waals surface area contributed by atoms with Crippen LogP contribution in [-0.2, 0) is 31.3 Å². The van der Waals surface area contributed by atoms with Gasteiger partial charge in [0.25, 0.3) is 0 Å². The molecule has 0 unspecified atom stereocenters. The first-order valence-corrected chi connectivity index (χ1v) is 20.5. The average molecular weight is 907 g/mol. The molecule has 16 heteroatoms. The summed E-state index contributed by atoms with van der Waals surface area (Å²) < 4.78 is 116. The van der Waals surface area contributed by atoms with Crippen LogP contribution in [0.25, 0.3) is 12.2 Å². The predicted octanol–water partition coefficient (Wildman–Crippen LogP) is 11.0. The van der Waals surface area contributed by atoms with Gasteiger partial charge in [0.1, 0.15) is 36.2 Å². The van der Waals surface area contributed by atoms with Gasteiger partial charge in [-0.2, -0.15) is 17.6 Å². The van der Waals surface area contributed by atoms with E-state index in [2.05, 4.69) is 0 Å². The lowest BCUT2D eigenvalue weighted by atomic mass is 9.98. The molecule has 0 radical (unpaired) electrons. The van der Waals surface area contributed by atoms with Gasteiger partial charge in [0, 0.05) is 23.5 Å². The molecule has 0 aromatic heterocycles. The summed E-state index contributed by atoms with van der Waals surface area (Å²) >= 11 is 0. The fourth-order valence-electron chi connectivity index (χ4n) is 5.95. The van der Waals surface area contributed by atoms with Crippen LogP contribution in [-0.4, -0.2) is 51.7 Å². The lowest BCUT2D eigenvalue weighted by Gasteiger charge is -2.19. The lowest BCUT2D eigenvalue weighted by molar-refractivity contribution is -0.186. The number of halogens is 6. The van der Waals surface area contributed by atoms with Crippen molar-refractivity contribution >= 4 is 35.5 Å². The minimum atomic E-state index is -3.66. The Bertz CT molecular complexity index is 2190. The van der Waals surface area contributed by atoms with Gasteiger partial charge < -0.3 is 39.9 Å². The Morgan fingerprint density at radius 2 is 0.938 bits per heavy atom. The molecule has 0 aliphatic rings. The molecule has 4 N–H and O–H groups in total. The third kappa shape index (κ3) is 15.9. The first-order valence-electron chi connectivity index (χ1n) is 20.5. The van der Waals surface area contributed by atoms with E-state index in [0.29, 0.717) is 59.6 Å². The van der Waals surface area contributed by atoms with Crippen LogP contribution >= 0.6 is 0 Å². The van der Waals surface area contributed by atoms with Crippen molar-refractivity contribution in [2.75, 3.05) is 51.2 Å². The second kappa shape index (κ2) is 24.1. The van der Waals surface area contributed by atoms with E-state index in [9.17, 15) is 35.9 Å². The van der Waals surface area contributed by atoms with Crippen LogP contribution in [0, 0.1) is 0 Å². The fourth-order valence-corrected chi connectivity index (χ4v) is 5.95. The molecule has 0 amide bonds. The number of rotatable bonds is 25. The zero-order valence-electron chi connectivity index (χ0n) is 35.1. The van der Waals surface area contributed by atoms with Gasteiger partial charge in [-0.15, -0.1) is 0 Å². The van der Waals surface area contributed by atoms with Gasteiger partial charge in [0.2, 0.25) is 0 Å². The number of carbonyl (C=O) groups is 2. The topological polar surface area (TPSA) is 142 Å². The summed E-state index contributed by atoms with van der Waals surface area (Å²) in [7, 11) is 0. The van der Waals surface area contributed by atoms with Crippen molar-refractivity contribution in [1.82, 2.24) is 0 Å². The number of nitrogen functional groups attached to an aromatic ring is 2. The summed E-state index contributed by atoms with van der Waals surface area (Å²) in [5, 5.41) is 0. The van der Waals surface area contributed by atoms with E-state index >= 15 is 0 Å². The van der Waals surface area contributed by atoms with E-state index in [1.807, 2.05) is 0 Å². The minimum Gasteiger partial charge on any atom is -0.494 e. The highest BCUT2D eigenvalue weighted by molar-refractivity contribution is 5.87. The molecular weight excluding hydrogens is 859 g/mol. The number of benzene rings is 5. The number of hydrogen-bond donors (Lipinski definition) is 2. The molecule has 0 heterocycles. The number of unbranched alkanes of at least 4 members (excludes halogenated alkanes) is 2. The Balaban J connectivity index is 1.11. The highest BCUT2D eigenvalue weighted by atomic mass is 19.3. The quantitative estimate of drug-likeness (QED) is 0.0191. The van der Waals surface area contributed by atoms with E-state index in [1.54, 1.807) is 12.1 Å². The van der Waals surface area contributed by atoms with E-state index in [0.717, 1.165) is 12.2 Å². The van der Waals surface area contributed by atoms with Crippen LogP contribution in [0.1, 0.15) is 59.4 Å². The molecule has 344 valence electrons. The molecule has 0 bridgehead atoms. The number of carbonyl (C=O) groups excluding carboxylic acids is 2. The molecule has 65 heavy (non-hydrogen) atoms. The molecule has 0 aliphatic carbocycles. The number of ether oxygens (including phenoxy) is 6. The molecule has 5 rings (SSSR count). The van der Waals surface area contributed by atoms with Crippen molar-refractivity contribution in [3.05, 3.63) is 155 Å². The third-order valence-electron chi connectivity index (χ3n) is 9.45. The Morgan fingerprint density at radius 1 is 0.538 bits per heavy atom. The Morgan fingerprint density at radius 3 is 1.32 bits per heavy atom. The number of alkyl halides is 6. The highest BCUT2D eigenvalue weighted by Crippen LogP contribution is 2.34. The van der Waals surface area contributed by atoms with Crippen molar-refractivity contribution in [2.24, 2.45) is 0 Å². The van der Waals surface area contributed by atoms with Crippen molar-refractivity contribution in [2.45, 2.75) is 43.8 Å². The van der Waals surface area contributed by atoms with Gasteiger partial charge in [-0.25, -0.2) is 9.59 Å². The number of anilines is 2. The van der Waals surface area contributed by atoms with Gasteiger partial charge in [0.15, 0.2) is 0 Å². The maximum Gasteiger partial charge on any atom is 0.426 e. The van der Waals surface area contributed by atoms with Gasteiger partial charge in [-0.3, -0.25) is 8.78 Å². The number of esters is 2. The first kappa shape index (κ1) is 48.9. The van der Waals surface area contributed by atoms with Crippen LogP contribution in [0.3, 0.4) is 0 Å². The summed E-state index contributed by atoms with van der Waals surface area (Å²) in [6.45, 7) is -0.893. The van der Waals surface area contributed by atoms with E-state index in [1.165, 1.54) is 115 Å². The summed E-state index contributed by atoms with van der Waals surface area (Å²) in [4.78, 5) is 25.5. The average Bonchev–Trinajstić information content (AvgIpc) is 3.29. The summed E-state index contributed by atoms with van der Waals surface area (Å²) in [6.07, 6.45) is -0.529. The maximum absolute atomic E-state index is 14.9. The minimum absolute atomic E-state index is 0.129. The van der Waals surface area contributed by atoms with Gasteiger partial charge in [-0.05, 0) is 139 Å². The van der Waals surface area contributed by atoms with Crippen molar-refractivity contribution in [3.8, 4) is 23.0 Å². The summed E-state index contributed by atoms with van der Waals surface area (Å²) in [5.41, 5.74) is 13.4. The zero-order chi connectivity index (χ0) is 46.7. The molecule has 10 nitrogen and oxygen atoms in total. The van der Waals surface area contributed by atoms with E-state index in [-0.39, 0.29) is 43.6 Å². The fraction of sp³-hybridized carbons (Fsp3) is 0.265. The van der Waals surface area contributed by atoms with E-state index < -0.39 is 54.5 Å². The molecule has 0 atom stereocenters. The predicted molar refractivity (Wildman–Crippen MR) is 234 cm³/mol. The Kier molecular flexibility index (Phi) is 18.1. The Labute approximate surface area is 372 Å². The van der Waals surface area contributed by atoms with E-state index in [4.69, 9.17) is 39.9 Å². The Hall–Kier alpha value is -7.10. The molecule has 0 saturated carbocycles. The zero-order valence-corrected chi connectivity index (χ0v) is 35.1. The van der Waals surface area contributed by atoms with Crippen LogP contribution in [0.15, 0.2) is 127 Å². The molecular formula is C49H48F6N2O8. The van der Waals surface area contributed by atoms with Gasteiger partial charge in [0.05, 0.1) is 43.6 Å². The van der Waals surface area contributed by atoms with Crippen molar-refractivity contribution in [3.63, 3.8) is 0 Å². The normalized spacial score (nSPS) is 11.8. The highest BCUT2D eigenvalue weighted by Gasteiger charge is 2.35. The molecule has 0 aliphatic heterocycles. The van der Waals surface area contributed by atoms with Crippen molar-refractivity contribution < 1.29 is 64.4 Å². The number of nitrogens with two attached hydrogens (primary N) is 2. The van der Waals surface area contributed by atoms with Crippen LogP contribution < -0.4 is 30.4 Å². The standard InChI is InChI=1S/C49H48F6N2O8/c50-27-1-3-29-60-40-20-11-37(12-21-40)48(52,53)64-42-16-5-34(6-17-42)9-25-46(58)62-32-36(44-24-15-39(56)31-45(44)57)33-63-47(59)26-10-35-7-18-43(19-8-35)65-49(54,55)38-13-22-41(23-14-38)61-30-4-2-28-51/h5-26,31,36H,1-4,27-30,32-33,56-57H2/b25-9+,26-10+. The third-order valence-corrected chi connectivity index (χ3v) is 9.45. The molecule has 5 aromatic rings. The number of hydrogen-bond acceptors (Lipinski definition) is 10. The second-order valence-electron chi connectivity index (χ2n) is 14.4. The van der Waals surface area contributed by atoms with Gasteiger partial charge >= 0.3 is 24.2 Å². The second-order valence-corrected chi connectivity index (χ2v) is 14.4. The van der Waals surface area contributed by atoms with Crippen molar-refractivity contribution in [1.29, 1.82) is 0 Å². The molecule has 0 fully saturated rings. The maximum atomic E-state index is 14.9.